The van der Waals surface area contributed by atoms with Gasteiger partial charge < -0.3 is 16.0 Å². The number of aromatic nitrogens is 2. The Bertz CT molecular complexity index is 1340. The van der Waals surface area contributed by atoms with E-state index in [0.717, 1.165) is 12.8 Å². The molecule has 0 bridgehead atoms. The summed E-state index contributed by atoms with van der Waals surface area (Å²) in [7, 11) is 0. The molecule has 3 amide bonds. The molecule has 9 nitrogen and oxygen atoms in total. The SMILES string of the molecule is N#Cc1cccc2c(C(N)=O)nn(CC(=O)N(CC(=O)NCc3cccc(Cl)c3F)C3CC3)c12. The number of halogens is 2. The molecular weight excluding hydrogens is 463 g/mol. The van der Waals surface area contributed by atoms with Crippen LogP contribution in [0.4, 0.5) is 4.39 Å². The molecule has 2 aromatic carbocycles. The molecule has 0 aliphatic heterocycles. The van der Waals surface area contributed by atoms with Crippen LogP contribution in [0, 0.1) is 17.1 Å². The molecule has 4 rings (SSSR count). The summed E-state index contributed by atoms with van der Waals surface area (Å²) in [6.45, 7) is -0.580. The lowest BCUT2D eigenvalue weighted by Gasteiger charge is -2.22. The number of amides is 3. The number of nitriles is 1. The number of carbonyl (C=O) groups is 3. The average molecular weight is 483 g/mol. The summed E-state index contributed by atoms with van der Waals surface area (Å²) < 4.78 is 15.3. The molecule has 11 heteroatoms. The standard InChI is InChI=1S/C23H20ClFN6O3/c24-17-6-2-4-14(20(17)25)10-28-18(32)11-30(15-7-8-15)19(33)12-31-22-13(9-26)3-1-5-16(22)21(29-31)23(27)34/h1-6,15H,7-8,10-12H2,(H2,27,34)(H,28,32). The molecule has 0 unspecified atom stereocenters. The highest BCUT2D eigenvalue weighted by Crippen LogP contribution is 2.28. The van der Waals surface area contributed by atoms with Crippen LogP contribution in [0.2, 0.25) is 5.02 Å². The van der Waals surface area contributed by atoms with Crippen molar-refractivity contribution in [2.24, 2.45) is 5.73 Å². The molecule has 1 aliphatic carbocycles. The molecule has 0 saturated heterocycles. The van der Waals surface area contributed by atoms with Crippen LogP contribution in [0.3, 0.4) is 0 Å². The van der Waals surface area contributed by atoms with Gasteiger partial charge in [-0.1, -0.05) is 35.9 Å². The zero-order valence-corrected chi connectivity index (χ0v) is 18.7. The number of fused-ring (bicyclic) bond motifs is 1. The van der Waals surface area contributed by atoms with Gasteiger partial charge in [-0.05, 0) is 25.0 Å². The van der Waals surface area contributed by atoms with Crippen molar-refractivity contribution < 1.29 is 18.8 Å². The lowest BCUT2D eigenvalue weighted by Crippen LogP contribution is -2.43. The van der Waals surface area contributed by atoms with Gasteiger partial charge in [-0.15, -0.1) is 0 Å². The molecular formula is C23H20ClFN6O3. The Labute approximate surface area is 198 Å². The summed E-state index contributed by atoms with van der Waals surface area (Å²) in [4.78, 5) is 38.9. The first-order chi connectivity index (χ1) is 16.3. The van der Waals surface area contributed by atoms with E-state index in [1.54, 1.807) is 24.3 Å². The van der Waals surface area contributed by atoms with E-state index in [1.807, 2.05) is 6.07 Å². The third kappa shape index (κ3) is 4.70. The fraction of sp³-hybridized carbons (Fsp3) is 0.261. The highest BCUT2D eigenvalue weighted by atomic mass is 35.5. The van der Waals surface area contributed by atoms with Crippen LogP contribution >= 0.6 is 11.6 Å². The maximum absolute atomic E-state index is 14.1. The normalized spacial score (nSPS) is 12.9. The Hall–Kier alpha value is -3.97. The van der Waals surface area contributed by atoms with Crippen LogP contribution in [0.15, 0.2) is 36.4 Å². The number of nitrogens with one attached hydrogen (secondary N) is 1. The van der Waals surface area contributed by atoms with Gasteiger partial charge in [-0.25, -0.2) is 4.39 Å². The molecule has 3 aromatic rings. The minimum atomic E-state index is -0.780. The van der Waals surface area contributed by atoms with Gasteiger partial charge in [-0.3, -0.25) is 19.1 Å². The number of hydrogen-bond acceptors (Lipinski definition) is 5. The zero-order valence-electron chi connectivity index (χ0n) is 17.9. The summed E-state index contributed by atoms with van der Waals surface area (Å²) in [5.41, 5.74) is 6.17. The minimum absolute atomic E-state index is 0.0416. The highest BCUT2D eigenvalue weighted by molar-refractivity contribution is 6.30. The molecule has 1 fully saturated rings. The Morgan fingerprint density at radius 2 is 2.00 bits per heavy atom. The molecule has 3 N–H and O–H groups in total. The van der Waals surface area contributed by atoms with Gasteiger partial charge in [0, 0.05) is 23.5 Å². The van der Waals surface area contributed by atoms with E-state index < -0.39 is 23.5 Å². The maximum Gasteiger partial charge on any atom is 0.269 e. The second-order valence-electron chi connectivity index (χ2n) is 7.93. The number of primary amides is 1. The van der Waals surface area contributed by atoms with Crippen molar-refractivity contribution in [3.8, 4) is 6.07 Å². The van der Waals surface area contributed by atoms with Crippen molar-refractivity contribution in [1.29, 1.82) is 5.26 Å². The molecule has 174 valence electrons. The summed E-state index contributed by atoms with van der Waals surface area (Å²) in [5.74, 6) is -2.25. The van der Waals surface area contributed by atoms with Gasteiger partial charge in [0.25, 0.3) is 5.91 Å². The molecule has 0 radical (unpaired) electrons. The third-order valence-corrected chi connectivity index (χ3v) is 5.83. The summed E-state index contributed by atoms with van der Waals surface area (Å²) >= 11 is 5.77. The van der Waals surface area contributed by atoms with Crippen molar-refractivity contribution in [2.45, 2.75) is 32.0 Å². The van der Waals surface area contributed by atoms with E-state index in [9.17, 15) is 24.0 Å². The van der Waals surface area contributed by atoms with Crippen LogP contribution in [0.25, 0.3) is 10.9 Å². The van der Waals surface area contributed by atoms with Crippen molar-refractivity contribution in [3.63, 3.8) is 0 Å². The van der Waals surface area contributed by atoms with Crippen LogP contribution in [0.5, 0.6) is 0 Å². The van der Waals surface area contributed by atoms with Crippen LogP contribution in [-0.2, 0) is 22.7 Å². The molecule has 1 saturated carbocycles. The largest absolute Gasteiger partial charge is 0.364 e. The van der Waals surface area contributed by atoms with Crippen LogP contribution in [0.1, 0.15) is 34.5 Å². The number of nitrogens with two attached hydrogens (primary N) is 1. The van der Waals surface area contributed by atoms with E-state index in [1.165, 1.54) is 21.7 Å². The number of para-hydroxylation sites is 1. The van der Waals surface area contributed by atoms with Crippen LogP contribution < -0.4 is 11.1 Å². The zero-order chi connectivity index (χ0) is 24.4. The lowest BCUT2D eigenvalue weighted by atomic mass is 10.1. The summed E-state index contributed by atoms with van der Waals surface area (Å²) in [5, 5.41) is 16.6. The van der Waals surface area contributed by atoms with Gasteiger partial charge in [0.2, 0.25) is 11.8 Å². The van der Waals surface area contributed by atoms with Gasteiger partial charge in [-0.2, -0.15) is 10.4 Å². The fourth-order valence-corrected chi connectivity index (χ4v) is 3.93. The lowest BCUT2D eigenvalue weighted by molar-refractivity contribution is -0.137. The molecule has 1 heterocycles. The first kappa shape index (κ1) is 23.2. The molecule has 0 atom stereocenters. The number of hydrogen-bond donors (Lipinski definition) is 2. The second kappa shape index (κ2) is 9.49. The highest BCUT2D eigenvalue weighted by Gasteiger charge is 2.34. The van der Waals surface area contributed by atoms with Crippen molar-refractivity contribution in [2.75, 3.05) is 6.54 Å². The van der Waals surface area contributed by atoms with Crippen molar-refractivity contribution in [3.05, 3.63) is 64.1 Å². The average Bonchev–Trinajstić information content (AvgIpc) is 3.59. The van der Waals surface area contributed by atoms with E-state index in [-0.39, 0.29) is 47.5 Å². The predicted octanol–water partition coefficient (Wildman–Crippen LogP) is 2.11. The van der Waals surface area contributed by atoms with Crippen molar-refractivity contribution >= 4 is 40.2 Å². The molecule has 34 heavy (non-hydrogen) atoms. The van der Waals surface area contributed by atoms with Gasteiger partial charge >= 0.3 is 0 Å². The summed E-state index contributed by atoms with van der Waals surface area (Å²) in [6, 6.07) is 11.2. The minimum Gasteiger partial charge on any atom is -0.364 e. The van der Waals surface area contributed by atoms with E-state index >= 15 is 0 Å². The quantitative estimate of drug-likeness (QED) is 0.507. The Morgan fingerprint density at radius 1 is 1.26 bits per heavy atom. The second-order valence-corrected chi connectivity index (χ2v) is 8.33. The number of benzene rings is 2. The van der Waals surface area contributed by atoms with Crippen LogP contribution in [-0.4, -0.2) is 45.0 Å². The summed E-state index contributed by atoms with van der Waals surface area (Å²) in [6.07, 6.45) is 1.50. The predicted molar refractivity (Wildman–Crippen MR) is 121 cm³/mol. The Balaban J connectivity index is 1.51. The first-order valence-electron chi connectivity index (χ1n) is 10.5. The Kier molecular flexibility index (Phi) is 6.47. The number of nitrogens with zero attached hydrogens (tertiary/aromatic N) is 4. The third-order valence-electron chi connectivity index (χ3n) is 5.54. The molecule has 1 aromatic heterocycles. The van der Waals surface area contributed by atoms with Crippen molar-refractivity contribution in [1.82, 2.24) is 20.0 Å². The number of carbonyl (C=O) groups excluding carboxylic acids is 3. The first-order valence-corrected chi connectivity index (χ1v) is 10.9. The fourth-order valence-electron chi connectivity index (χ4n) is 3.74. The van der Waals surface area contributed by atoms with Gasteiger partial charge in [0.1, 0.15) is 18.4 Å². The smallest absolute Gasteiger partial charge is 0.269 e. The van der Waals surface area contributed by atoms with E-state index in [4.69, 9.17) is 17.3 Å². The van der Waals surface area contributed by atoms with Gasteiger partial charge in [0.15, 0.2) is 5.69 Å². The monoisotopic (exact) mass is 482 g/mol. The topological polar surface area (TPSA) is 134 Å². The maximum atomic E-state index is 14.1. The van der Waals surface area contributed by atoms with Gasteiger partial charge in [0.05, 0.1) is 22.6 Å². The Morgan fingerprint density at radius 3 is 2.68 bits per heavy atom. The number of rotatable bonds is 8. The van der Waals surface area contributed by atoms with E-state index in [0.29, 0.717) is 10.9 Å². The van der Waals surface area contributed by atoms with E-state index in [2.05, 4.69) is 10.4 Å². The molecule has 1 aliphatic rings. The molecule has 0 spiro atoms.